The van der Waals surface area contributed by atoms with Gasteiger partial charge in [0.25, 0.3) is 5.91 Å². The molecule has 0 saturated carbocycles. The number of rotatable bonds is 1. The van der Waals surface area contributed by atoms with E-state index in [1.54, 1.807) is 17.0 Å². The van der Waals surface area contributed by atoms with Crippen LogP contribution in [0.4, 0.5) is 0 Å². The number of nitrogens with zero attached hydrogens (tertiary/aromatic N) is 1. The molecular weight excluding hydrogens is 254 g/mol. The molecule has 2 rings (SSSR count). The quantitative estimate of drug-likeness (QED) is 0.749. The summed E-state index contributed by atoms with van der Waals surface area (Å²) in [7, 11) is 0. The molecule has 0 bridgehead atoms. The Hall–Kier alpha value is -1.83. The summed E-state index contributed by atoms with van der Waals surface area (Å²) in [4.78, 5) is 14.1. The van der Waals surface area contributed by atoms with Crippen molar-refractivity contribution in [2.24, 2.45) is 0 Å². The van der Waals surface area contributed by atoms with Crippen molar-refractivity contribution in [3.63, 3.8) is 0 Å². The van der Waals surface area contributed by atoms with Gasteiger partial charge in [0.05, 0.1) is 6.10 Å². The first kappa shape index (κ1) is 14.6. The maximum Gasteiger partial charge on any atom is 0.253 e. The predicted molar refractivity (Wildman–Crippen MR) is 76.3 cm³/mol. The molecule has 1 unspecified atom stereocenters. The standard InChI is InChI=1S/C16H19NO3/c1-12-10-14(7-6-13(12)4-3-9-18)16(20)17-8-2-5-15(19)11-17/h6-7,10,15,18-19H,2,5,8-9,11H2,1H3. The lowest BCUT2D eigenvalue weighted by Crippen LogP contribution is -2.42. The van der Waals surface area contributed by atoms with E-state index in [-0.39, 0.29) is 12.5 Å². The van der Waals surface area contributed by atoms with E-state index in [0.717, 1.165) is 24.0 Å². The summed E-state index contributed by atoms with van der Waals surface area (Å²) in [6.45, 7) is 2.82. The number of hydrogen-bond donors (Lipinski definition) is 2. The van der Waals surface area contributed by atoms with Crippen LogP contribution in [0.2, 0.25) is 0 Å². The van der Waals surface area contributed by atoms with Gasteiger partial charge in [0.2, 0.25) is 0 Å². The molecule has 1 aromatic rings. The minimum absolute atomic E-state index is 0.0477. The number of benzene rings is 1. The minimum Gasteiger partial charge on any atom is -0.391 e. The molecule has 0 radical (unpaired) electrons. The van der Waals surface area contributed by atoms with Crippen molar-refractivity contribution in [3.8, 4) is 11.8 Å². The van der Waals surface area contributed by atoms with E-state index in [0.29, 0.717) is 18.7 Å². The molecule has 1 aliphatic rings. The number of likely N-dealkylation sites (tertiary alicyclic amines) is 1. The monoisotopic (exact) mass is 273 g/mol. The lowest BCUT2D eigenvalue weighted by Gasteiger charge is -2.30. The molecule has 4 nitrogen and oxygen atoms in total. The van der Waals surface area contributed by atoms with Crippen molar-refractivity contribution >= 4 is 5.91 Å². The van der Waals surface area contributed by atoms with Crippen LogP contribution >= 0.6 is 0 Å². The first-order valence-corrected chi connectivity index (χ1v) is 6.79. The summed E-state index contributed by atoms with van der Waals surface area (Å²) in [5.74, 6) is 5.40. The Kier molecular flexibility index (Phi) is 4.78. The van der Waals surface area contributed by atoms with Gasteiger partial charge in [-0.25, -0.2) is 0 Å². The molecule has 1 aromatic carbocycles. The van der Waals surface area contributed by atoms with Crippen LogP contribution in [-0.2, 0) is 0 Å². The second kappa shape index (κ2) is 6.56. The van der Waals surface area contributed by atoms with Crippen molar-refractivity contribution in [1.29, 1.82) is 0 Å². The Labute approximate surface area is 119 Å². The molecule has 106 valence electrons. The van der Waals surface area contributed by atoms with Crippen molar-refractivity contribution in [2.75, 3.05) is 19.7 Å². The summed E-state index contributed by atoms with van der Waals surface area (Å²) in [6.07, 6.45) is 1.19. The van der Waals surface area contributed by atoms with Crippen LogP contribution in [0.1, 0.15) is 34.3 Å². The highest BCUT2D eigenvalue weighted by Crippen LogP contribution is 2.16. The molecule has 1 atom stereocenters. The van der Waals surface area contributed by atoms with Crippen LogP contribution in [-0.4, -0.2) is 46.8 Å². The number of piperidine rings is 1. The highest BCUT2D eigenvalue weighted by atomic mass is 16.3. The topological polar surface area (TPSA) is 60.8 Å². The molecule has 0 spiro atoms. The molecule has 1 saturated heterocycles. The third-order valence-corrected chi connectivity index (χ3v) is 3.46. The highest BCUT2D eigenvalue weighted by molar-refractivity contribution is 5.94. The molecule has 4 heteroatoms. The number of aliphatic hydroxyl groups is 2. The number of aryl methyl sites for hydroxylation is 1. The number of carbonyl (C=O) groups is 1. The minimum atomic E-state index is -0.413. The van der Waals surface area contributed by atoms with Crippen LogP contribution in [0, 0.1) is 18.8 Å². The smallest absolute Gasteiger partial charge is 0.253 e. The number of aliphatic hydroxyl groups excluding tert-OH is 2. The van der Waals surface area contributed by atoms with Gasteiger partial charge >= 0.3 is 0 Å². The summed E-state index contributed by atoms with van der Waals surface area (Å²) >= 11 is 0. The van der Waals surface area contributed by atoms with Crippen LogP contribution < -0.4 is 0 Å². The molecular formula is C16H19NO3. The van der Waals surface area contributed by atoms with E-state index in [4.69, 9.17) is 5.11 Å². The average molecular weight is 273 g/mol. The molecule has 0 aliphatic carbocycles. The largest absolute Gasteiger partial charge is 0.391 e. The van der Waals surface area contributed by atoms with Gasteiger partial charge in [-0.1, -0.05) is 11.8 Å². The fraction of sp³-hybridized carbons (Fsp3) is 0.438. The molecule has 1 heterocycles. The van der Waals surface area contributed by atoms with Gasteiger partial charge in [-0.2, -0.15) is 0 Å². The van der Waals surface area contributed by atoms with E-state index < -0.39 is 6.10 Å². The van der Waals surface area contributed by atoms with Crippen LogP contribution in [0.3, 0.4) is 0 Å². The van der Waals surface area contributed by atoms with Gasteiger partial charge in [-0.15, -0.1) is 0 Å². The van der Waals surface area contributed by atoms with Crippen LogP contribution in [0.25, 0.3) is 0 Å². The van der Waals surface area contributed by atoms with E-state index in [2.05, 4.69) is 11.8 Å². The van der Waals surface area contributed by atoms with Crippen molar-refractivity contribution < 1.29 is 15.0 Å². The summed E-state index contributed by atoms with van der Waals surface area (Å²) in [6, 6.07) is 5.36. The first-order chi connectivity index (χ1) is 9.61. The SMILES string of the molecule is Cc1cc(C(=O)N2CCCC(O)C2)ccc1C#CCO. The van der Waals surface area contributed by atoms with Gasteiger partial charge in [0, 0.05) is 24.2 Å². The number of β-amino-alcohol motifs (C(OH)–C–C–N with tert-alkyl or cyclic N) is 1. The fourth-order valence-electron chi connectivity index (χ4n) is 2.39. The maximum atomic E-state index is 12.4. The zero-order valence-corrected chi connectivity index (χ0v) is 11.6. The van der Waals surface area contributed by atoms with Gasteiger partial charge in [-0.05, 0) is 43.5 Å². The fourth-order valence-corrected chi connectivity index (χ4v) is 2.39. The summed E-state index contributed by atoms with van der Waals surface area (Å²) in [5, 5.41) is 18.3. The van der Waals surface area contributed by atoms with Crippen molar-refractivity contribution in [3.05, 3.63) is 34.9 Å². The second-order valence-corrected chi connectivity index (χ2v) is 5.04. The lowest BCUT2D eigenvalue weighted by molar-refractivity contribution is 0.0473. The second-order valence-electron chi connectivity index (χ2n) is 5.04. The normalized spacial score (nSPS) is 18.4. The maximum absolute atomic E-state index is 12.4. The molecule has 2 N–H and O–H groups in total. The number of hydrogen-bond acceptors (Lipinski definition) is 3. The van der Waals surface area contributed by atoms with E-state index in [1.807, 2.05) is 13.0 Å². The van der Waals surface area contributed by atoms with E-state index >= 15 is 0 Å². The molecule has 0 aromatic heterocycles. The third kappa shape index (κ3) is 3.38. The Balaban J connectivity index is 2.16. The molecule has 20 heavy (non-hydrogen) atoms. The Morgan fingerprint density at radius 3 is 2.95 bits per heavy atom. The van der Waals surface area contributed by atoms with Crippen molar-refractivity contribution in [1.82, 2.24) is 4.90 Å². The third-order valence-electron chi connectivity index (χ3n) is 3.46. The van der Waals surface area contributed by atoms with Gasteiger partial charge in [0.15, 0.2) is 0 Å². The first-order valence-electron chi connectivity index (χ1n) is 6.79. The predicted octanol–water partition coefficient (Wildman–Crippen LogP) is 0.936. The van der Waals surface area contributed by atoms with Crippen molar-refractivity contribution in [2.45, 2.75) is 25.9 Å². The van der Waals surface area contributed by atoms with Gasteiger partial charge in [0.1, 0.15) is 6.61 Å². The van der Waals surface area contributed by atoms with Crippen LogP contribution in [0.5, 0.6) is 0 Å². The Morgan fingerprint density at radius 2 is 2.30 bits per heavy atom. The Morgan fingerprint density at radius 1 is 1.50 bits per heavy atom. The molecule has 1 amide bonds. The summed E-state index contributed by atoms with van der Waals surface area (Å²) < 4.78 is 0. The lowest BCUT2D eigenvalue weighted by atomic mass is 10.0. The van der Waals surface area contributed by atoms with E-state index in [1.165, 1.54) is 0 Å². The zero-order chi connectivity index (χ0) is 14.5. The molecule has 1 fully saturated rings. The summed E-state index contributed by atoms with van der Waals surface area (Å²) in [5.41, 5.74) is 2.34. The van der Waals surface area contributed by atoms with Gasteiger partial charge in [-0.3, -0.25) is 4.79 Å². The number of carbonyl (C=O) groups excluding carboxylic acids is 1. The zero-order valence-electron chi connectivity index (χ0n) is 11.6. The average Bonchev–Trinajstić information content (AvgIpc) is 2.45. The Bertz CT molecular complexity index is 557. The van der Waals surface area contributed by atoms with Crippen LogP contribution in [0.15, 0.2) is 18.2 Å². The number of amides is 1. The van der Waals surface area contributed by atoms with Gasteiger partial charge < -0.3 is 15.1 Å². The molecule has 1 aliphatic heterocycles. The highest BCUT2D eigenvalue weighted by Gasteiger charge is 2.23. The van der Waals surface area contributed by atoms with E-state index in [9.17, 15) is 9.90 Å².